The normalized spacial score (nSPS) is 20.7. The Labute approximate surface area is 125 Å². The van der Waals surface area contributed by atoms with Gasteiger partial charge in [-0.2, -0.15) is 0 Å². The van der Waals surface area contributed by atoms with E-state index >= 15 is 0 Å². The summed E-state index contributed by atoms with van der Waals surface area (Å²) in [6.07, 6.45) is -0.334. The van der Waals surface area contributed by atoms with Gasteiger partial charge in [-0.05, 0) is 33.0 Å². The van der Waals surface area contributed by atoms with Gasteiger partial charge in [-0.25, -0.2) is 4.79 Å². The van der Waals surface area contributed by atoms with Crippen molar-refractivity contribution >= 4 is 33.4 Å². The molecule has 0 saturated carbocycles. The molecule has 1 aromatic heterocycles. The SMILES string of the molecule is CC(C)(C)C(NC(=O)O)C1OCCc2sc(Br)cc21. The molecule has 19 heavy (non-hydrogen) atoms. The van der Waals surface area contributed by atoms with Gasteiger partial charge in [0.25, 0.3) is 0 Å². The third-order valence-corrected chi connectivity index (χ3v) is 4.97. The van der Waals surface area contributed by atoms with Crippen molar-refractivity contribution in [2.45, 2.75) is 39.3 Å². The number of fused-ring (bicyclic) bond motifs is 1. The van der Waals surface area contributed by atoms with Gasteiger partial charge in [0.2, 0.25) is 0 Å². The van der Waals surface area contributed by atoms with E-state index in [0.717, 1.165) is 15.8 Å². The van der Waals surface area contributed by atoms with Gasteiger partial charge >= 0.3 is 6.09 Å². The lowest BCUT2D eigenvalue weighted by atomic mass is 9.80. The summed E-state index contributed by atoms with van der Waals surface area (Å²) in [5.41, 5.74) is 0.892. The molecule has 0 spiro atoms. The zero-order chi connectivity index (χ0) is 14.2. The first-order valence-corrected chi connectivity index (χ1v) is 7.79. The fourth-order valence-corrected chi connectivity index (χ4v) is 4.10. The van der Waals surface area contributed by atoms with Crippen molar-refractivity contribution in [2.24, 2.45) is 5.41 Å². The van der Waals surface area contributed by atoms with E-state index in [9.17, 15) is 4.79 Å². The fourth-order valence-electron chi connectivity index (χ4n) is 2.37. The van der Waals surface area contributed by atoms with Crippen LogP contribution in [-0.4, -0.2) is 23.8 Å². The number of halogens is 1. The summed E-state index contributed by atoms with van der Waals surface area (Å²) in [6, 6.07) is 1.78. The molecule has 106 valence electrons. The van der Waals surface area contributed by atoms with Gasteiger partial charge in [0.05, 0.1) is 16.4 Å². The molecule has 1 aromatic rings. The number of carbonyl (C=O) groups is 1. The summed E-state index contributed by atoms with van der Waals surface area (Å²) in [5, 5.41) is 11.7. The van der Waals surface area contributed by atoms with Crippen LogP contribution in [0.1, 0.15) is 37.3 Å². The molecule has 6 heteroatoms. The van der Waals surface area contributed by atoms with Crippen molar-refractivity contribution in [3.05, 3.63) is 20.3 Å². The van der Waals surface area contributed by atoms with Crippen molar-refractivity contribution in [1.29, 1.82) is 0 Å². The summed E-state index contributed by atoms with van der Waals surface area (Å²) in [4.78, 5) is 12.3. The Morgan fingerprint density at radius 3 is 2.89 bits per heavy atom. The molecule has 1 aliphatic rings. The first kappa shape index (κ1) is 14.8. The lowest BCUT2D eigenvalue weighted by molar-refractivity contribution is -0.0115. The Balaban J connectivity index is 2.35. The maximum absolute atomic E-state index is 11.0. The number of carboxylic acid groups (broad SMARTS) is 1. The average molecular weight is 348 g/mol. The van der Waals surface area contributed by atoms with Crippen LogP contribution in [0.3, 0.4) is 0 Å². The predicted molar refractivity (Wildman–Crippen MR) is 78.8 cm³/mol. The summed E-state index contributed by atoms with van der Waals surface area (Å²) >= 11 is 5.20. The molecule has 0 bridgehead atoms. The molecule has 0 saturated heterocycles. The van der Waals surface area contributed by atoms with Crippen LogP contribution in [0, 0.1) is 5.41 Å². The zero-order valence-electron chi connectivity index (χ0n) is 11.2. The van der Waals surface area contributed by atoms with Gasteiger partial charge in [-0.3, -0.25) is 0 Å². The molecule has 0 fully saturated rings. The Bertz CT molecular complexity index is 481. The number of nitrogens with one attached hydrogen (secondary N) is 1. The topological polar surface area (TPSA) is 58.6 Å². The Kier molecular flexibility index (Phi) is 4.23. The first-order valence-electron chi connectivity index (χ1n) is 6.18. The third kappa shape index (κ3) is 3.30. The summed E-state index contributed by atoms with van der Waals surface area (Å²) in [6.45, 7) is 6.70. The van der Waals surface area contributed by atoms with Crippen LogP contribution in [-0.2, 0) is 11.2 Å². The zero-order valence-corrected chi connectivity index (χ0v) is 13.6. The van der Waals surface area contributed by atoms with Crippen LogP contribution in [0.5, 0.6) is 0 Å². The van der Waals surface area contributed by atoms with Crippen LogP contribution < -0.4 is 5.32 Å². The quantitative estimate of drug-likeness (QED) is 0.855. The van der Waals surface area contributed by atoms with Gasteiger partial charge in [0.1, 0.15) is 6.10 Å². The van der Waals surface area contributed by atoms with E-state index in [1.54, 1.807) is 11.3 Å². The second-order valence-electron chi connectivity index (χ2n) is 5.76. The van der Waals surface area contributed by atoms with Crippen molar-refractivity contribution in [1.82, 2.24) is 5.32 Å². The maximum atomic E-state index is 11.0. The summed E-state index contributed by atoms with van der Waals surface area (Å²) < 4.78 is 6.93. The molecule has 1 amide bonds. The summed E-state index contributed by atoms with van der Waals surface area (Å²) in [5.74, 6) is 0. The second kappa shape index (κ2) is 5.42. The third-order valence-electron chi connectivity index (χ3n) is 3.26. The van der Waals surface area contributed by atoms with Crippen molar-refractivity contribution in [2.75, 3.05) is 6.61 Å². The molecule has 2 atom stereocenters. The minimum Gasteiger partial charge on any atom is -0.465 e. The van der Waals surface area contributed by atoms with Crippen LogP contribution in [0.25, 0.3) is 0 Å². The van der Waals surface area contributed by atoms with Gasteiger partial charge in [0.15, 0.2) is 0 Å². The monoisotopic (exact) mass is 347 g/mol. The molecule has 1 aliphatic heterocycles. The maximum Gasteiger partial charge on any atom is 0.404 e. The molecule has 2 N–H and O–H groups in total. The molecule has 0 aliphatic carbocycles. The lowest BCUT2D eigenvalue weighted by Crippen LogP contribution is -2.48. The number of rotatable bonds is 2. The second-order valence-corrected chi connectivity index (χ2v) is 8.28. The molecule has 0 radical (unpaired) electrons. The highest BCUT2D eigenvalue weighted by atomic mass is 79.9. The van der Waals surface area contributed by atoms with E-state index in [4.69, 9.17) is 9.84 Å². The lowest BCUT2D eigenvalue weighted by Gasteiger charge is -2.38. The average Bonchev–Trinajstić information content (AvgIpc) is 2.64. The number of ether oxygens (including phenoxy) is 1. The molecule has 2 unspecified atom stereocenters. The minimum absolute atomic E-state index is 0.216. The van der Waals surface area contributed by atoms with Crippen LogP contribution >= 0.6 is 27.3 Å². The van der Waals surface area contributed by atoms with E-state index in [0.29, 0.717) is 6.61 Å². The predicted octanol–water partition coefficient (Wildman–Crippen LogP) is 3.81. The van der Waals surface area contributed by atoms with Crippen molar-refractivity contribution in [3.63, 3.8) is 0 Å². The minimum atomic E-state index is -1.01. The highest BCUT2D eigenvalue weighted by Gasteiger charge is 2.38. The molecular formula is C13H18BrNO3S. The molecular weight excluding hydrogens is 330 g/mol. The molecule has 2 rings (SSSR count). The van der Waals surface area contributed by atoms with E-state index in [-0.39, 0.29) is 17.6 Å². The Morgan fingerprint density at radius 2 is 2.32 bits per heavy atom. The van der Waals surface area contributed by atoms with Crippen LogP contribution in [0.4, 0.5) is 4.79 Å². The largest absolute Gasteiger partial charge is 0.465 e. The Morgan fingerprint density at radius 1 is 1.63 bits per heavy atom. The number of amides is 1. The molecule has 0 aromatic carbocycles. The number of hydrogen-bond acceptors (Lipinski definition) is 3. The van der Waals surface area contributed by atoms with Crippen molar-refractivity contribution in [3.8, 4) is 0 Å². The van der Waals surface area contributed by atoms with E-state index in [2.05, 4.69) is 21.2 Å². The smallest absolute Gasteiger partial charge is 0.404 e. The highest BCUT2D eigenvalue weighted by molar-refractivity contribution is 9.11. The standard InChI is InChI=1S/C13H18BrNO3S/c1-13(2,3)11(15-12(16)17)10-7-6-9(14)19-8(7)4-5-18-10/h6,10-11,15H,4-5H2,1-3H3,(H,16,17). The van der Waals surface area contributed by atoms with Gasteiger partial charge in [-0.15, -0.1) is 11.3 Å². The van der Waals surface area contributed by atoms with Crippen LogP contribution in [0.2, 0.25) is 0 Å². The Hall–Kier alpha value is -0.590. The van der Waals surface area contributed by atoms with E-state index in [1.807, 2.05) is 26.8 Å². The number of hydrogen-bond donors (Lipinski definition) is 2. The molecule has 2 heterocycles. The van der Waals surface area contributed by atoms with Gasteiger partial charge in [-0.1, -0.05) is 20.8 Å². The first-order chi connectivity index (χ1) is 8.79. The van der Waals surface area contributed by atoms with Gasteiger partial charge in [0, 0.05) is 11.3 Å². The number of thiophene rings is 1. The van der Waals surface area contributed by atoms with E-state index in [1.165, 1.54) is 4.88 Å². The van der Waals surface area contributed by atoms with E-state index < -0.39 is 6.09 Å². The fraction of sp³-hybridized carbons (Fsp3) is 0.615. The summed E-state index contributed by atoms with van der Waals surface area (Å²) in [7, 11) is 0. The molecule has 4 nitrogen and oxygen atoms in total. The van der Waals surface area contributed by atoms with Crippen LogP contribution in [0.15, 0.2) is 9.85 Å². The highest BCUT2D eigenvalue weighted by Crippen LogP contribution is 2.41. The van der Waals surface area contributed by atoms with Crippen molar-refractivity contribution < 1.29 is 14.6 Å². The van der Waals surface area contributed by atoms with Gasteiger partial charge < -0.3 is 15.2 Å².